The first-order valence-corrected chi connectivity index (χ1v) is 7.93. The van der Waals surface area contributed by atoms with Crippen molar-refractivity contribution >= 4 is 23.4 Å². The van der Waals surface area contributed by atoms with Gasteiger partial charge in [0.05, 0.1) is 12.1 Å². The number of carboxylic acids is 1. The van der Waals surface area contributed by atoms with Crippen LogP contribution in [-0.4, -0.2) is 44.1 Å². The molecule has 1 saturated heterocycles. The molecule has 0 spiro atoms. The molecule has 1 aromatic rings. The van der Waals surface area contributed by atoms with Gasteiger partial charge >= 0.3 is 5.97 Å². The van der Waals surface area contributed by atoms with E-state index >= 15 is 0 Å². The molecule has 0 aliphatic carbocycles. The summed E-state index contributed by atoms with van der Waals surface area (Å²) in [6, 6.07) is -0.223. The van der Waals surface area contributed by atoms with E-state index in [-0.39, 0.29) is 23.8 Å². The van der Waals surface area contributed by atoms with Crippen LogP contribution in [0.25, 0.3) is 0 Å². The summed E-state index contributed by atoms with van der Waals surface area (Å²) in [6.45, 7) is 6.58. The highest BCUT2D eigenvalue weighted by Gasteiger charge is 2.34. The Morgan fingerprint density at radius 2 is 2.10 bits per heavy atom. The van der Waals surface area contributed by atoms with Gasteiger partial charge in [-0.05, 0) is 30.8 Å². The summed E-state index contributed by atoms with van der Waals surface area (Å²) in [6.07, 6.45) is 2.63. The molecule has 6 nitrogen and oxygen atoms in total. The van der Waals surface area contributed by atoms with Crippen LogP contribution in [0, 0.1) is 0 Å². The molecule has 1 amide bonds. The van der Waals surface area contributed by atoms with Crippen LogP contribution in [0.5, 0.6) is 0 Å². The van der Waals surface area contributed by atoms with Crippen LogP contribution in [0.3, 0.4) is 0 Å². The number of likely N-dealkylation sites (tertiary alicyclic amines) is 1. The van der Waals surface area contributed by atoms with E-state index in [4.69, 9.17) is 5.11 Å². The monoisotopic (exact) mass is 311 g/mol. The van der Waals surface area contributed by atoms with Crippen LogP contribution >= 0.6 is 11.5 Å². The second-order valence-electron chi connectivity index (χ2n) is 6.45. The van der Waals surface area contributed by atoms with Crippen molar-refractivity contribution in [1.82, 2.24) is 14.5 Å². The van der Waals surface area contributed by atoms with Gasteiger partial charge in [-0.1, -0.05) is 25.3 Å². The van der Waals surface area contributed by atoms with Gasteiger partial charge in [-0.2, -0.15) is 0 Å². The van der Waals surface area contributed by atoms with Crippen molar-refractivity contribution in [2.45, 2.75) is 57.9 Å². The molecule has 0 radical (unpaired) electrons. The lowest BCUT2D eigenvalue weighted by atomic mass is 9.90. The second-order valence-corrected chi connectivity index (χ2v) is 7.20. The van der Waals surface area contributed by atoms with Crippen LogP contribution in [0.1, 0.15) is 61.8 Å². The van der Waals surface area contributed by atoms with Crippen molar-refractivity contribution in [2.75, 3.05) is 6.54 Å². The molecule has 116 valence electrons. The zero-order valence-electron chi connectivity index (χ0n) is 12.6. The van der Waals surface area contributed by atoms with Crippen LogP contribution in [0.15, 0.2) is 0 Å². The topological polar surface area (TPSA) is 83.4 Å². The first kappa shape index (κ1) is 15.9. The summed E-state index contributed by atoms with van der Waals surface area (Å²) in [7, 11) is 0. The average molecular weight is 311 g/mol. The number of carbonyl (C=O) groups excluding carboxylic acids is 1. The predicted molar refractivity (Wildman–Crippen MR) is 79.5 cm³/mol. The van der Waals surface area contributed by atoms with E-state index in [1.807, 2.05) is 20.8 Å². The van der Waals surface area contributed by atoms with Crippen molar-refractivity contribution in [3.8, 4) is 0 Å². The number of aliphatic carboxylic acids is 1. The number of carboxylic acid groups (broad SMARTS) is 1. The lowest BCUT2D eigenvalue weighted by Crippen LogP contribution is -2.45. The highest BCUT2D eigenvalue weighted by atomic mass is 32.1. The zero-order chi connectivity index (χ0) is 15.6. The lowest BCUT2D eigenvalue weighted by molar-refractivity contribution is -0.138. The predicted octanol–water partition coefficient (Wildman–Crippen LogP) is 2.31. The minimum Gasteiger partial charge on any atom is -0.481 e. The van der Waals surface area contributed by atoms with Crippen molar-refractivity contribution in [1.29, 1.82) is 0 Å². The molecule has 0 saturated carbocycles. The molecule has 1 aliphatic rings. The molecule has 1 aromatic heterocycles. The maximum Gasteiger partial charge on any atom is 0.305 e. The molecule has 21 heavy (non-hydrogen) atoms. The van der Waals surface area contributed by atoms with Gasteiger partial charge in [-0.15, -0.1) is 5.10 Å². The quantitative estimate of drug-likeness (QED) is 0.926. The van der Waals surface area contributed by atoms with Gasteiger partial charge in [0.2, 0.25) is 0 Å². The fourth-order valence-corrected chi connectivity index (χ4v) is 3.47. The molecular weight excluding hydrogens is 290 g/mol. The van der Waals surface area contributed by atoms with Crippen LogP contribution in [-0.2, 0) is 10.2 Å². The second kappa shape index (κ2) is 6.09. The number of nitrogens with zero attached hydrogens (tertiary/aromatic N) is 3. The van der Waals surface area contributed by atoms with E-state index in [9.17, 15) is 9.59 Å². The Morgan fingerprint density at radius 3 is 2.71 bits per heavy atom. The third kappa shape index (κ3) is 3.58. The minimum atomic E-state index is -0.863. The third-order valence-electron chi connectivity index (χ3n) is 3.69. The number of carbonyl (C=O) groups is 2. The summed E-state index contributed by atoms with van der Waals surface area (Å²) in [4.78, 5) is 26.0. The summed E-state index contributed by atoms with van der Waals surface area (Å²) >= 11 is 1.10. The third-order valence-corrected chi connectivity index (χ3v) is 4.40. The van der Waals surface area contributed by atoms with E-state index in [1.165, 1.54) is 0 Å². The fraction of sp³-hybridized carbons (Fsp3) is 0.714. The lowest BCUT2D eigenvalue weighted by Gasteiger charge is -2.35. The van der Waals surface area contributed by atoms with E-state index < -0.39 is 5.97 Å². The Morgan fingerprint density at radius 1 is 1.38 bits per heavy atom. The van der Waals surface area contributed by atoms with Gasteiger partial charge in [-0.3, -0.25) is 9.59 Å². The molecule has 7 heteroatoms. The van der Waals surface area contributed by atoms with E-state index in [2.05, 4.69) is 9.59 Å². The van der Waals surface area contributed by atoms with Crippen molar-refractivity contribution in [3.63, 3.8) is 0 Å². The Labute approximate surface area is 128 Å². The number of aromatic nitrogens is 2. The van der Waals surface area contributed by atoms with Gasteiger partial charge in [0.15, 0.2) is 0 Å². The number of piperidine rings is 1. The van der Waals surface area contributed by atoms with E-state index in [0.717, 1.165) is 30.8 Å². The van der Waals surface area contributed by atoms with Gasteiger partial charge in [0, 0.05) is 18.0 Å². The maximum absolute atomic E-state index is 12.8. The van der Waals surface area contributed by atoms with Gasteiger partial charge in [-0.25, -0.2) is 0 Å². The van der Waals surface area contributed by atoms with Crippen molar-refractivity contribution in [3.05, 3.63) is 10.6 Å². The van der Waals surface area contributed by atoms with Crippen molar-refractivity contribution < 1.29 is 14.7 Å². The van der Waals surface area contributed by atoms with Gasteiger partial charge < -0.3 is 10.0 Å². The number of rotatable bonds is 3. The van der Waals surface area contributed by atoms with Crippen LogP contribution in [0.2, 0.25) is 0 Å². The largest absolute Gasteiger partial charge is 0.481 e. The van der Waals surface area contributed by atoms with Gasteiger partial charge in [0.1, 0.15) is 4.88 Å². The maximum atomic E-state index is 12.8. The molecule has 2 heterocycles. The Hall–Kier alpha value is -1.50. The first-order chi connectivity index (χ1) is 9.80. The van der Waals surface area contributed by atoms with Gasteiger partial charge in [0.25, 0.3) is 5.91 Å². The molecule has 0 bridgehead atoms. The summed E-state index contributed by atoms with van der Waals surface area (Å²) in [5, 5.41) is 13.1. The van der Waals surface area contributed by atoms with Crippen LogP contribution in [0.4, 0.5) is 0 Å². The molecule has 1 aliphatic heterocycles. The van der Waals surface area contributed by atoms with E-state index in [1.54, 1.807) is 4.90 Å². The Bertz CT molecular complexity index is 536. The fourth-order valence-electron chi connectivity index (χ4n) is 2.63. The number of hydrogen-bond acceptors (Lipinski definition) is 5. The highest BCUT2D eigenvalue weighted by molar-refractivity contribution is 7.08. The average Bonchev–Trinajstić information content (AvgIpc) is 2.87. The Kier molecular flexibility index (Phi) is 4.61. The highest BCUT2D eigenvalue weighted by Crippen LogP contribution is 2.29. The zero-order valence-corrected chi connectivity index (χ0v) is 13.4. The molecule has 1 fully saturated rings. The smallest absolute Gasteiger partial charge is 0.305 e. The Balaban J connectivity index is 2.25. The number of hydrogen-bond donors (Lipinski definition) is 1. The SMILES string of the molecule is CC(C)(C)c1nnsc1C(=O)N1CCCCC1CC(=O)O. The molecule has 1 unspecified atom stereocenters. The summed E-state index contributed by atoms with van der Waals surface area (Å²) < 4.78 is 3.92. The van der Waals surface area contributed by atoms with E-state index in [0.29, 0.717) is 17.1 Å². The molecular formula is C14H21N3O3S. The summed E-state index contributed by atoms with van der Waals surface area (Å²) in [5.74, 6) is -0.987. The minimum absolute atomic E-state index is 0.00280. The first-order valence-electron chi connectivity index (χ1n) is 7.16. The summed E-state index contributed by atoms with van der Waals surface area (Å²) in [5.41, 5.74) is 0.438. The standard InChI is InChI=1S/C14H21N3O3S/c1-14(2,3)12-11(21-16-15-12)13(20)17-7-5-4-6-9(17)8-10(18)19/h9H,4-8H2,1-3H3,(H,18,19). The molecule has 1 N–H and O–H groups in total. The normalized spacial score (nSPS) is 19.6. The van der Waals surface area contributed by atoms with Crippen LogP contribution < -0.4 is 0 Å². The number of amides is 1. The molecule has 0 aromatic carbocycles. The van der Waals surface area contributed by atoms with Crippen molar-refractivity contribution in [2.24, 2.45) is 0 Å². The molecule has 1 atom stereocenters. The molecule has 2 rings (SSSR count).